The molecule has 1 spiro atoms. The molecule has 0 amide bonds. The normalized spacial score (nSPS) is 15.8. The summed E-state index contributed by atoms with van der Waals surface area (Å²) in [5.74, 6) is 1.84. The van der Waals surface area contributed by atoms with Gasteiger partial charge in [-0.25, -0.2) is 0 Å². The fourth-order valence-electron chi connectivity index (χ4n) is 10.7. The van der Waals surface area contributed by atoms with Gasteiger partial charge in [-0.1, -0.05) is 143 Å². The molecule has 8 aromatic carbocycles. The molecule has 1 aliphatic heterocycles. The molecule has 0 saturated heterocycles. The molecule has 2 aliphatic carbocycles. The molecular weight excluding hydrogens is 723 g/mol. The first-order valence-corrected chi connectivity index (χ1v) is 21.2. The minimum Gasteiger partial charge on any atom is -0.457 e. The Labute approximate surface area is 343 Å². The van der Waals surface area contributed by atoms with Crippen LogP contribution in [0.15, 0.2) is 176 Å². The third-order valence-electron chi connectivity index (χ3n) is 14.1. The van der Waals surface area contributed by atoms with Crippen molar-refractivity contribution in [2.75, 3.05) is 4.90 Å². The van der Waals surface area contributed by atoms with E-state index in [2.05, 4.69) is 209 Å². The Kier molecular flexibility index (Phi) is 6.86. The van der Waals surface area contributed by atoms with E-state index in [1.54, 1.807) is 0 Å². The second kappa shape index (κ2) is 11.8. The SMILES string of the molecule is CC1(C)c2ccccc2-c2ccc(N(c3ccccc3)c3cccc4sc5cc6c(cc5c34)-c3ccccc3C63c4ccccc4Oc4ccccc43)cc2C1(C)C. The molecule has 9 aromatic rings. The van der Waals surface area contributed by atoms with E-state index in [0.29, 0.717) is 0 Å². The van der Waals surface area contributed by atoms with Crippen LogP contribution in [0, 0.1) is 0 Å². The zero-order valence-electron chi connectivity index (χ0n) is 33.0. The number of para-hydroxylation sites is 3. The highest BCUT2D eigenvalue weighted by atomic mass is 32.1. The minimum absolute atomic E-state index is 0.0596. The van der Waals surface area contributed by atoms with Crippen LogP contribution in [-0.4, -0.2) is 0 Å². The second-order valence-corrected chi connectivity index (χ2v) is 18.3. The minimum atomic E-state index is -0.497. The molecule has 0 saturated carbocycles. The molecule has 2 nitrogen and oxygen atoms in total. The van der Waals surface area contributed by atoms with Crippen LogP contribution in [0.4, 0.5) is 17.1 Å². The largest absolute Gasteiger partial charge is 0.457 e. The third kappa shape index (κ3) is 4.27. The van der Waals surface area contributed by atoms with Gasteiger partial charge in [0, 0.05) is 42.7 Å². The van der Waals surface area contributed by atoms with Crippen LogP contribution < -0.4 is 9.64 Å². The van der Waals surface area contributed by atoms with E-state index < -0.39 is 5.41 Å². The lowest BCUT2D eigenvalue weighted by molar-refractivity contribution is 0.299. The number of hydrogen-bond acceptors (Lipinski definition) is 3. The van der Waals surface area contributed by atoms with Gasteiger partial charge in [-0.3, -0.25) is 0 Å². The van der Waals surface area contributed by atoms with Crippen molar-refractivity contribution in [3.63, 3.8) is 0 Å². The maximum atomic E-state index is 6.63. The van der Waals surface area contributed by atoms with Crippen LogP contribution >= 0.6 is 11.3 Å². The van der Waals surface area contributed by atoms with Gasteiger partial charge >= 0.3 is 0 Å². The fourth-order valence-corrected chi connectivity index (χ4v) is 11.8. The number of hydrogen-bond donors (Lipinski definition) is 0. The number of ether oxygens (including phenoxy) is 1. The highest BCUT2D eigenvalue weighted by Gasteiger charge is 2.51. The molecule has 0 N–H and O–H groups in total. The highest BCUT2D eigenvalue weighted by Crippen LogP contribution is 2.63. The average molecular weight is 764 g/mol. The van der Waals surface area contributed by atoms with Crippen molar-refractivity contribution < 1.29 is 4.74 Å². The molecule has 12 rings (SSSR count). The van der Waals surface area contributed by atoms with E-state index in [4.69, 9.17) is 4.74 Å². The van der Waals surface area contributed by atoms with Gasteiger partial charge in [0.15, 0.2) is 0 Å². The standard InChI is InChI=1S/C55H41NOS/c1-53(2)41-21-10-8-19-36(41)38-30-29-35(31-45(38)54(53,3)4)56(34-17-6-5-7-18-34)47-25-16-28-50-52(47)40-32-39-37-20-9-11-22-42(37)55(46(39)33-51(40)58-50)43-23-12-14-26-48(43)57-49-27-15-13-24-44(49)55/h5-33H,1-4H3. The lowest BCUT2D eigenvalue weighted by Gasteiger charge is -2.48. The summed E-state index contributed by atoms with van der Waals surface area (Å²) in [5.41, 5.74) is 15.9. The van der Waals surface area contributed by atoms with Crippen LogP contribution in [0.3, 0.4) is 0 Å². The van der Waals surface area contributed by atoms with Crippen molar-refractivity contribution in [3.8, 4) is 33.8 Å². The van der Waals surface area contributed by atoms with Crippen molar-refractivity contribution >= 4 is 48.6 Å². The Morgan fingerprint density at radius 1 is 0.414 bits per heavy atom. The van der Waals surface area contributed by atoms with Crippen LogP contribution in [0.5, 0.6) is 11.5 Å². The van der Waals surface area contributed by atoms with Gasteiger partial charge in [-0.05, 0) is 116 Å². The lowest BCUT2D eigenvalue weighted by atomic mass is 9.55. The Balaban J connectivity index is 1.13. The summed E-state index contributed by atoms with van der Waals surface area (Å²) in [7, 11) is 0. The van der Waals surface area contributed by atoms with Gasteiger partial charge in [0.1, 0.15) is 11.5 Å². The molecule has 278 valence electrons. The molecule has 2 heterocycles. The van der Waals surface area contributed by atoms with E-state index >= 15 is 0 Å². The molecule has 3 aliphatic rings. The van der Waals surface area contributed by atoms with Gasteiger partial charge < -0.3 is 9.64 Å². The van der Waals surface area contributed by atoms with Crippen molar-refractivity contribution in [1.29, 1.82) is 0 Å². The maximum absolute atomic E-state index is 6.63. The van der Waals surface area contributed by atoms with Gasteiger partial charge in [0.2, 0.25) is 0 Å². The monoisotopic (exact) mass is 763 g/mol. The molecule has 0 atom stereocenters. The van der Waals surface area contributed by atoms with Crippen molar-refractivity contribution in [2.24, 2.45) is 0 Å². The first-order valence-electron chi connectivity index (χ1n) is 20.3. The molecule has 0 unspecified atom stereocenters. The van der Waals surface area contributed by atoms with E-state index in [0.717, 1.165) is 17.2 Å². The molecule has 0 bridgehead atoms. The number of thiophene rings is 1. The summed E-state index contributed by atoms with van der Waals surface area (Å²) in [6.45, 7) is 9.66. The van der Waals surface area contributed by atoms with Crippen LogP contribution in [0.25, 0.3) is 42.4 Å². The fraction of sp³-hybridized carbons (Fsp3) is 0.127. The summed E-state index contributed by atoms with van der Waals surface area (Å²) in [6, 6.07) is 65.2. The van der Waals surface area contributed by atoms with E-state index in [9.17, 15) is 0 Å². The molecule has 0 radical (unpaired) electrons. The van der Waals surface area contributed by atoms with Crippen molar-refractivity contribution in [2.45, 2.75) is 43.9 Å². The summed E-state index contributed by atoms with van der Waals surface area (Å²) >= 11 is 1.90. The number of fused-ring (bicyclic) bond motifs is 15. The quantitative estimate of drug-likeness (QED) is 0.178. The number of rotatable bonds is 3. The smallest absolute Gasteiger partial charge is 0.132 e. The predicted molar refractivity (Wildman–Crippen MR) is 243 cm³/mol. The Hall–Kier alpha value is -6.42. The zero-order valence-corrected chi connectivity index (χ0v) is 33.8. The lowest BCUT2D eigenvalue weighted by Crippen LogP contribution is -2.43. The summed E-state index contributed by atoms with van der Waals surface area (Å²) in [4.78, 5) is 2.49. The Morgan fingerprint density at radius 3 is 1.72 bits per heavy atom. The first-order chi connectivity index (χ1) is 28.3. The average Bonchev–Trinajstić information content (AvgIpc) is 3.76. The zero-order chi connectivity index (χ0) is 39.0. The van der Waals surface area contributed by atoms with Crippen molar-refractivity contribution in [3.05, 3.63) is 209 Å². The van der Waals surface area contributed by atoms with Gasteiger partial charge in [-0.2, -0.15) is 0 Å². The van der Waals surface area contributed by atoms with E-state index in [1.807, 2.05) is 11.3 Å². The first kappa shape index (κ1) is 33.7. The Morgan fingerprint density at radius 2 is 1.00 bits per heavy atom. The molecule has 58 heavy (non-hydrogen) atoms. The number of anilines is 3. The number of nitrogens with zero attached hydrogens (tertiary/aromatic N) is 1. The van der Waals surface area contributed by atoms with Crippen LogP contribution in [0.2, 0.25) is 0 Å². The highest BCUT2D eigenvalue weighted by molar-refractivity contribution is 7.26. The predicted octanol–water partition coefficient (Wildman–Crippen LogP) is 15.2. The van der Waals surface area contributed by atoms with Gasteiger partial charge in [0.05, 0.1) is 11.1 Å². The third-order valence-corrected chi connectivity index (χ3v) is 15.2. The van der Waals surface area contributed by atoms with Gasteiger partial charge in [0.25, 0.3) is 0 Å². The van der Waals surface area contributed by atoms with E-state index in [1.165, 1.54) is 87.2 Å². The number of benzene rings is 8. The summed E-state index contributed by atoms with van der Waals surface area (Å²) in [5, 5.41) is 2.56. The van der Waals surface area contributed by atoms with E-state index in [-0.39, 0.29) is 10.8 Å². The molecular formula is C55H41NOS. The molecule has 1 aromatic heterocycles. The summed E-state index contributed by atoms with van der Waals surface area (Å²) in [6.07, 6.45) is 0. The van der Waals surface area contributed by atoms with Crippen LogP contribution in [0.1, 0.15) is 61.1 Å². The molecule has 0 fully saturated rings. The molecule has 3 heteroatoms. The van der Waals surface area contributed by atoms with Crippen molar-refractivity contribution in [1.82, 2.24) is 0 Å². The Bertz CT molecular complexity index is 3120. The summed E-state index contributed by atoms with van der Waals surface area (Å²) < 4.78 is 9.19. The van der Waals surface area contributed by atoms with Gasteiger partial charge in [-0.15, -0.1) is 11.3 Å². The topological polar surface area (TPSA) is 12.5 Å². The maximum Gasteiger partial charge on any atom is 0.132 e. The van der Waals surface area contributed by atoms with Crippen LogP contribution in [-0.2, 0) is 16.2 Å². The second-order valence-electron chi connectivity index (χ2n) is 17.2.